The van der Waals surface area contributed by atoms with Crippen molar-refractivity contribution in [2.45, 2.75) is 43.4 Å². The molecule has 3 heterocycles. The Labute approximate surface area is 190 Å². The molecule has 0 unspecified atom stereocenters. The van der Waals surface area contributed by atoms with Crippen LogP contribution < -0.4 is 5.32 Å². The van der Waals surface area contributed by atoms with Crippen molar-refractivity contribution < 1.29 is 17.9 Å². The van der Waals surface area contributed by atoms with Crippen molar-refractivity contribution >= 4 is 21.5 Å². The Morgan fingerprint density at radius 3 is 2.59 bits per heavy atom. The third-order valence-electron chi connectivity index (χ3n) is 5.46. The maximum absolute atomic E-state index is 12.8. The number of sulfone groups is 1. The molecule has 0 radical (unpaired) electrons. The number of ether oxygens (including phenoxy) is 1. The van der Waals surface area contributed by atoms with Crippen LogP contribution in [-0.4, -0.2) is 56.5 Å². The van der Waals surface area contributed by atoms with Crippen LogP contribution in [0.15, 0.2) is 70.4 Å². The van der Waals surface area contributed by atoms with Crippen LogP contribution in [0.2, 0.25) is 0 Å². The number of hydrogen-bond acceptors (Lipinski definition) is 6. The minimum absolute atomic E-state index is 0.170. The maximum atomic E-state index is 12.8. The highest BCUT2D eigenvalue weighted by atomic mass is 32.2. The van der Waals surface area contributed by atoms with Gasteiger partial charge in [0.1, 0.15) is 0 Å². The van der Waals surface area contributed by atoms with Crippen molar-refractivity contribution in [1.29, 1.82) is 0 Å². The summed E-state index contributed by atoms with van der Waals surface area (Å²) in [6.07, 6.45) is 10.3. The van der Waals surface area contributed by atoms with Crippen LogP contribution in [0.5, 0.6) is 0 Å². The summed E-state index contributed by atoms with van der Waals surface area (Å²) in [7, 11) is -3.35. The third kappa shape index (κ3) is 5.95. The number of benzene rings is 1. The van der Waals surface area contributed by atoms with Crippen LogP contribution >= 0.6 is 0 Å². The Bertz CT molecular complexity index is 1020. The largest absolute Gasteiger partial charge is 0.381 e. The van der Waals surface area contributed by atoms with Gasteiger partial charge in [0, 0.05) is 44.3 Å². The van der Waals surface area contributed by atoms with E-state index in [1.54, 1.807) is 36.5 Å². The van der Waals surface area contributed by atoms with Gasteiger partial charge in [0.05, 0.1) is 22.4 Å². The zero-order valence-electron chi connectivity index (χ0n) is 18.7. The van der Waals surface area contributed by atoms with E-state index in [4.69, 9.17) is 4.74 Å². The van der Waals surface area contributed by atoms with Gasteiger partial charge in [0.15, 0.2) is 9.84 Å². The first kappa shape index (κ1) is 23.9. The van der Waals surface area contributed by atoms with E-state index in [1.807, 2.05) is 32.2 Å². The fourth-order valence-corrected chi connectivity index (χ4v) is 5.36. The lowest BCUT2D eigenvalue weighted by Crippen LogP contribution is -2.30. The zero-order chi connectivity index (χ0) is 23.0. The van der Waals surface area contributed by atoms with Crippen LogP contribution in [0.3, 0.4) is 0 Å². The molecule has 0 aromatic heterocycles. The van der Waals surface area contributed by atoms with E-state index in [-0.39, 0.29) is 11.2 Å². The van der Waals surface area contributed by atoms with Crippen molar-refractivity contribution in [2.75, 3.05) is 26.3 Å². The predicted octanol–water partition coefficient (Wildman–Crippen LogP) is 3.01. The van der Waals surface area contributed by atoms with Crippen LogP contribution in [0.25, 0.3) is 0 Å². The topological polar surface area (TPSA) is 88.1 Å². The van der Waals surface area contributed by atoms with Gasteiger partial charge in [-0.3, -0.25) is 9.79 Å². The minimum atomic E-state index is -3.35. The molecule has 1 saturated heterocycles. The van der Waals surface area contributed by atoms with Crippen molar-refractivity contribution in [3.05, 3.63) is 66.0 Å². The molecule has 172 valence electrons. The minimum Gasteiger partial charge on any atom is -0.381 e. The second-order valence-electron chi connectivity index (χ2n) is 7.52. The lowest BCUT2D eigenvalue weighted by molar-refractivity contribution is -0.117. The van der Waals surface area contributed by atoms with E-state index in [1.165, 1.54) is 0 Å². The van der Waals surface area contributed by atoms with Gasteiger partial charge in [-0.2, -0.15) is 0 Å². The molecule has 0 saturated carbocycles. The molecule has 3 aliphatic heterocycles. The lowest BCUT2D eigenvalue weighted by Gasteiger charge is -2.23. The molecule has 0 atom stereocenters. The van der Waals surface area contributed by atoms with Crippen LogP contribution in [0.1, 0.15) is 32.3 Å². The van der Waals surface area contributed by atoms with Gasteiger partial charge >= 0.3 is 0 Å². The number of carbonyl (C=O) groups excluding carboxylic acids is 1. The number of nitrogens with zero attached hydrogens (tertiary/aromatic N) is 2. The molecule has 7 nitrogen and oxygen atoms in total. The third-order valence-corrected chi connectivity index (χ3v) is 7.74. The molecular weight excluding hydrogens is 426 g/mol. The van der Waals surface area contributed by atoms with Gasteiger partial charge < -0.3 is 15.0 Å². The molecule has 4 rings (SSSR count). The molecule has 3 aliphatic rings. The Kier molecular flexibility index (Phi) is 8.41. The average molecular weight is 458 g/mol. The van der Waals surface area contributed by atoms with Crippen molar-refractivity contribution in [2.24, 2.45) is 4.99 Å². The van der Waals surface area contributed by atoms with E-state index in [9.17, 15) is 13.2 Å². The summed E-state index contributed by atoms with van der Waals surface area (Å²) in [6.45, 7) is 6.68. The van der Waals surface area contributed by atoms with E-state index in [0.29, 0.717) is 49.6 Å². The molecule has 0 spiro atoms. The summed E-state index contributed by atoms with van der Waals surface area (Å²) >= 11 is 0. The normalized spacial score (nSPS) is 21.1. The van der Waals surface area contributed by atoms with Gasteiger partial charge in [-0.25, -0.2) is 8.42 Å². The second kappa shape index (κ2) is 11.2. The first-order chi connectivity index (χ1) is 15.5. The van der Waals surface area contributed by atoms with Crippen LogP contribution in [0, 0.1) is 0 Å². The molecule has 32 heavy (non-hydrogen) atoms. The van der Waals surface area contributed by atoms with Crippen LogP contribution in [0.4, 0.5) is 0 Å². The molecule has 1 N–H and O–H groups in total. The van der Waals surface area contributed by atoms with Gasteiger partial charge in [0.25, 0.3) is 5.91 Å². The van der Waals surface area contributed by atoms with Crippen molar-refractivity contribution in [1.82, 2.24) is 10.2 Å². The first-order valence-electron chi connectivity index (χ1n) is 11.1. The highest BCUT2D eigenvalue weighted by Gasteiger charge is 2.29. The second-order valence-corrected chi connectivity index (χ2v) is 9.75. The monoisotopic (exact) mass is 457 g/mol. The molecule has 8 heteroatoms. The number of rotatable bonds is 5. The Balaban J connectivity index is 0.00000141. The zero-order valence-corrected chi connectivity index (χ0v) is 19.5. The number of nitrogens with one attached hydrogen (secondary N) is 1. The van der Waals surface area contributed by atoms with Gasteiger partial charge in [-0.15, -0.1) is 0 Å². The highest BCUT2D eigenvalue weighted by molar-refractivity contribution is 7.92. The lowest BCUT2D eigenvalue weighted by atomic mass is 10.1. The average Bonchev–Trinajstić information content (AvgIpc) is 2.84. The van der Waals surface area contributed by atoms with E-state index >= 15 is 0 Å². The number of amides is 1. The highest BCUT2D eigenvalue weighted by Crippen LogP contribution is 2.24. The summed E-state index contributed by atoms with van der Waals surface area (Å²) in [5.41, 5.74) is 2.34. The predicted molar refractivity (Wildman–Crippen MR) is 126 cm³/mol. The standard InChI is InChI=1S/C22H25N3O4S.C2H6/c26-22(18-3-4-19-16-25(11-7-18)12-10-23-19)24-15-17-1-5-20(6-2-17)30(27,28)21-8-13-29-14-9-21;1-2/h1-7,10,12,21H,8-9,11,13-16H2,(H,24,26);1-2H3/b4-3-,18-7+;. The Hall–Kier alpha value is -2.71. The molecular formula is C24H31N3O4S. The molecule has 1 aromatic carbocycles. The van der Waals surface area contributed by atoms with Gasteiger partial charge in [-0.1, -0.05) is 32.1 Å². The summed E-state index contributed by atoms with van der Waals surface area (Å²) in [5, 5.41) is 2.52. The van der Waals surface area contributed by atoms with Gasteiger partial charge in [-0.05, 0) is 42.7 Å². The molecule has 0 aliphatic carbocycles. The smallest absolute Gasteiger partial charge is 0.251 e. The van der Waals surface area contributed by atoms with Crippen LogP contribution in [-0.2, 0) is 25.9 Å². The molecule has 1 fully saturated rings. The first-order valence-corrected chi connectivity index (χ1v) is 12.6. The van der Waals surface area contributed by atoms with Crippen molar-refractivity contribution in [3.8, 4) is 0 Å². The number of hydrogen-bond donors (Lipinski definition) is 1. The summed E-state index contributed by atoms with van der Waals surface area (Å²) < 4.78 is 30.8. The number of aliphatic imine (C=N–C) groups is 1. The summed E-state index contributed by atoms with van der Waals surface area (Å²) in [4.78, 5) is 19.3. The molecule has 1 aromatic rings. The Morgan fingerprint density at radius 1 is 1.16 bits per heavy atom. The summed E-state index contributed by atoms with van der Waals surface area (Å²) in [5.74, 6) is -0.170. The van der Waals surface area contributed by atoms with Gasteiger partial charge in [0.2, 0.25) is 0 Å². The van der Waals surface area contributed by atoms with E-state index < -0.39 is 9.84 Å². The van der Waals surface area contributed by atoms with Crippen molar-refractivity contribution in [3.63, 3.8) is 0 Å². The fourth-order valence-electron chi connectivity index (χ4n) is 3.64. The quantitative estimate of drug-likeness (QED) is 0.734. The molecule has 2 bridgehead atoms. The Morgan fingerprint density at radius 2 is 1.88 bits per heavy atom. The summed E-state index contributed by atoms with van der Waals surface area (Å²) in [6, 6.07) is 6.76. The molecule has 1 amide bonds. The fraction of sp³-hybridized carbons (Fsp3) is 0.417. The number of fused-ring (bicyclic) bond motifs is 2. The van der Waals surface area contributed by atoms with E-state index in [2.05, 4.69) is 15.2 Å². The SMILES string of the molecule is CC.O=C(NCc1ccc(S(=O)(=O)C2CCOCC2)cc1)C1=C/CN2C=CN=C(/C=C\1)C2. The number of carbonyl (C=O) groups is 1. The van der Waals surface area contributed by atoms with E-state index in [0.717, 1.165) is 17.8 Å². The maximum Gasteiger partial charge on any atom is 0.251 e.